The fourth-order valence-corrected chi connectivity index (χ4v) is 4.01. The van der Waals surface area contributed by atoms with Gasteiger partial charge in [-0.15, -0.1) is 11.3 Å². The maximum atomic E-state index is 13.6. The number of para-hydroxylation sites is 1. The standard InChI is InChI=1S/C21H15F2N5S/c22-14-7-13(8-15(23)9-14)19-27-20(18-21(28-19)29-11-26-18)24-6-5-12-10-25-17-4-2-1-3-16(12)17/h1-4,7-11,25H,5-6H2,(H,24,27,28). The molecule has 29 heavy (non-hydrogen) atoms. The van der Waals surface area contributed by atoms with Crippen LogP contribution in [0.2, 0.25) is 0 Å². The van der Waals surface area contributed by atoms with Gasteiger partial charge >= 0.3 is 0 Å². The molecule has 0 atom stereocenters. The van der Waals surface area contributed by atoms with Gasteiger partial charge < -0.3 is 10.3 Å². The highest BCUT2D eigenvalue weighted by molar-refractivity contribution is 7.16. The summed E-state index contributed by atoms with van der Waals surface area (Å²) < 4.78 is 27.3. The summed E-state index contributed by atoms with van der Waals surface area (Å²) in [5, 5.41) is 4.49. The minimum absolute atomic E-state index is 0.259. The summed E-state index contributed by atoms with van der Waals surface area (Å²) in [5.74, 6) is -0.519. The van der Waals surface area contributed by atoms with Crippen molar-refractivity contribution in [1.82, 2.24) is 19.9 Å². The van der Waals surface area contributed by atoms with Crippen LogP contribution in [-0.2, 0) is 6.42 Å². The van der Waals surface area contributed by atoms with Crippen molar-refractivity contribution < 1.29 is 8.78 Å². The van der Waals surface area contributed by atoms with Crippen LogP contribution in [0.1, 0.15) is 5.56 Å². The Bertz CT molecular complexity index is 1310. The van der Waals surface area contributed by atoms with Crippen molar-refractivity contribution in [2.24, 2.45) is 0 Å². The Morgan fingerprint density at radius 1 is 1.03 bits per heavy atom. The molecule has 2 aromatic carbocycles. The van der Waals surface area contributed by atoms with Gasteiger partial charge in [0, 0.05) is 35.3 Å². The molecule has 0 spiro atoms. The average Bonchev–Trinajstić information content (AvgIpc) is 3.34. The molecule has 0 unspecified atom stereocenters. The first-order valence-electron chi connectivity index (χ1n) is 9.04. The molecule has 144 valence electrons. The van der Waals surface area contributed by atoms with Gasteiger partial charge in [0.2, 0.25) is 0 Å². The number of H-pyrrole nitrogens is 1. The van der Waals surface area contributed by atoms with E-state index < -0.39 is 11.6 Å². The zero-order chi connectivity index (χ0) is 19.8. The Morgan fingerprint density at radius 3 is 2.72 bits per heavy atom. The lowest BCUT2D eigenvalue weighted by Crippen LogP contribution is -2.08. The first kappa shape index (κ1) is 17.7. The summed E-state index contributed by atoms with van der Waals surface area (Å²) in [6.07, 6.45) is 2.79. The summed E-state index contributed by atoms with van der Waals surface area (Å²) in [6.45, 7) is 0.627. The lowest BCUT2D eigenvalue weighted by Gasteiger charge is -2.08. The molecule has 0 aliphatic heterocycles. The Labute approximate surface area is 168 Å². The van der Waals surface area contributed by atoms with E-state index in [1.807, 2.05) is 24.4 Å². The molecule has 0 bridgehead atoms. The number of hydrogen-bond donors (Lipinski definition) is 2. The van der Waals surface area contributed by atoms with E-state index in [4.69, 9.17) is 0 Å². The van der Waals surface area contributed by atoms with Gasteiger partial charge in [-0.3, -0.25) is 0 Å². The quantitative estimate of drug-likeness (QED) is 0.422. The van der Waals surface area contributed by atoms with Gasteiger partial charge in [0.1, 0.15) is 22.0 Å². The van der Waals surface area contributed by atoms with Gasteiger partial charge in [-0.05, 0) is 30.2 Å². The number of thiazole rings is 1. The summed E-state index contributed by atoms with van der Waals surface area (Å²) in [6, 6.07) is 11.4. The van der Waals surface area contributed by atoms with Gasteiger partial charge in [-0.25, -0.2) is 23.7 Å². The normalized spacial score (nSPS) is 11.4. The smallest absolute Gasteiger partial charge is 0.163 e. The molecule has 0 radical (unpaired) electrons. The fraction of sp³-hybridized carbons (Fsp3) is 0.0952. The monoisotopic (exact) mass is 407 g/mol. The van der Waals surface area contributed by atoms with Crippen molar-refractivity contribution in [3.8, 4) is 11.4 Å². The van der Waals surface area contributed by atoms with Crippen molar-refractivity contribution in [2.45, 2.75) is 6.42 Å². The predicted molar refractivity (Wildman–Crippen MR) is 111 cm³/mol. The van der Waals surface area contributed by atoms with Gasteiger partial charge in [0.05, 0.1) is 5.51 Å². The second kappa shape index (κ2) is 7.21. The first-order valence-corrected chi connectivity index (χ1v) is 9.92. The highest BCUT2D eigenvalue weighted by Gasteiger charge is 2.13. The number of aromatic nitrogens is 4. The van der Waals surface area contributed by atoms with Crippen LogP contribution >= 0.6 is 11.3 Å². The van der Waals surface area contributed by atoms with Crippen LogP contribution in [0.4, 0.5) is 14.6 Å². The molecule has 0 fully saturated rings. The van der Waals surface area contributed by atoms with E-state index in [1.165, 1.54) is 34.4 Å². The van der Waals surface area contributed by atoms with Gasteiger partial charge in [0.25, 0.3) is 0 Å². The number of nitrogens with zero attached hydrogens (tertiary/aromatic N) is 3. The van der Waals surface area contributed by atoms with Gasteiger partial charge in [-0.2, -0.15) is 0 Å². The molecule has 2 N–H and O–H groups in total. The molecule has 0 amide bonds. The molecule has 0 aliphatic carbocycles. The summed E-state index contributed by atoms with van der Waals surface area (Å²) in [5.41, 5.74) is 4.91. The molecule has 0 aliphatic rings. The molecule has 8 heteroatoms. The van der Waals surface area contributed by atoms with Gasteiger partial charge in [-0.1, -0.05) is 18.2 Å². The van der Waals surface area contributed by atoms with Crippen LogP contribution in [0.15, 0.2) is 54.2 Å². The zero-order valence-corrected chi connectivity index (χ0v) is 15.9. The van der Waals surface area contributed by atoms with E-state index in [0.717, 1.165) is 18.0 Å². The molecule has 3 heterocycles. The zero-order valence-electron chi connectivity index (χ0n) is 15.1. The third kappa shape index (κ3) is 3.42. The lowest BCUT2D eigenvalue weighted by atomic mass is 10.1. The Morgan fingerprint density at radius 2 is 1.86 bits per heavy atom. The Kier molecular flexibility index (Phi) is 4.40. The highest BCUT2D eigenvalue weighted by atomic mass is 32.1. The topological polar surface area (TPSA) is 66.5 Å². The lowest BCUT2D eigenvalue weighted by molar-refractivity contribution is 0.584. The molecule has 5 aromatic rings. The van der Waals surface area contributed by atoms with Crippen molar-refractivity contribution in [3.05, 3.63) is 71.4 Å². The van der Waals surface area contributed by atoms with E-state index in [0.29, 0.717) is 22.7 Å². The van der Waals surface area contributed by atoms with Crippen LogP contribution in [0.3, 0.4) is 0 Å². The summed E-state index contributed by atoms with van der Waals surface area (Å²) in [4.78, 5) is 17.2. The largest absolute Gasteiger partial charge is 0.368 e. The number of anilines is 1. The third-order valence-electron chi connectivity index (χ3n) is 4.68. The minimum atomic E-state index is -0.665. The van der Waals surface area contributed by atoms with Crippen molar-refractivity contribution >= 4 is 38.4 Å². The Hall–Kier alpha value is -3.39. The first-order chi connectivity index (χ1) is 14.2. The number of halogens is 2. The Balaban J connectivity index is 1.44. The molecule has 3 aromatic heterocycles. The molecule has 0 saturated carbocycles. The molecular formula is C21H15F2N5S. The number of benzene rings is 2. The highest BCUT2D eigenvalue weighted by Crippen LogP contribution is 2.27. The van der Waals surface area contributed by atoms with Crippen molar-refractivity contribution in [3.63, 3.8) is 0 Å². The minimum Gasteiger partial charge on any atom is -0.368 e. The molecule has 5 nitrogen and oxygen atoms in total. The third-order valence-corrected chi connectivity index (χ3v) is 5.40. The van der Waals surface area contributed by atoms with E-state index in [9.17, 15) is 8.78 Å². The number of nitrogens with one attached hydrogen (secondary N) is 2. The van der Waals surface area contributed by atoms with E-state index >= 15 is 0 Å². The maximum absolute atomic E-state index is 13.6. The van der Waals surface area contributed by atoms with E-state index in [2.05, 4.69) is 31.3 Å². The molecule has 0 saturated heterocycles. The second-order valence-corrected chi connectivity index (χ2v) is 7.43. The van der Waals surface area contributed by atoms with Crippen molar-refractivity contribution in [1.29, 1.82) is 0 Å². The van der Waals surface area contributed by atoms with E-state index in [1.54, 1.807) is 5.51 Å². The van der Waals surface area contributed by atoms with E-state index in [-0.39, 0.29) is 11.4 Å². The number of hydrogen-bond acceptors (Lipinski definition) is 5. The average molecular weight is 407 g/mol. The molecule has 5 rings (SSSR count). The number of rotatable bonds is 5. The SMILES string of the molecule is Fc1cc(F)cc(-c2nc(NCCc3c[nH]c4ccccc34)c3ncsc3n2)c1. The predicted octanol–water partition coefficient (Wildman–Crippen LogP) is 5.17. The van der Waals surface area contributed by atoms with Crippen LogP contribution in [0, 0.1) is 11.6 Å². The van der Waals surface area contributed by atoms with Gasteiger partial charge in [0.15, 0.2) is 11.6 Å². The summed E-state index contributed by atoms with van der Waals surface area (Å²) in [7, 11) is 0. The number of aromatic amines is 1. The van der Waals surface area contributed by atoms with Crippen LogP contribution in [0.5, 0.6) is 0 Å². The maximum Gasteiger partial charge on any atom is 0.163 e. The summed E-state index contributed by atoms with van der Waals surface area (Å²) >= 11 is 1.36. The fourth-order valence-electron chi connectivity index (χ4n) is 3.35. The van der Waals surface area contributed by atoms with Crippen LogP contribution < -0.4 is 5.32 Å². The van der Waals surface area contributed by atoms with Crippen LogP contribution in [0.25, 0.3) is 32.6 Å². The van der Waals surface area contributed by atoms with Crippen molar-refractivity contribution in [2.75, 3.05) is 11.9 Å². The number of fused-ring (bicyclic) bond motifs is 2. The van der Waals surface area contributed by atoms with Crippen LogP contribution in [-0.4, -0.2) is 26.5 Å². The second-order valence-electron chi connectivity index (χ2n) is 6.60. The molecular weight excluding hydrogens is 392 g/mol.